The van der Waals surface area contributed by atoms with Crippen LogP contribution in [-0.4, -0.2) is 49.2 Å². The number of hydrogen-bond donors (Lipinski definition) is 1. The molecule has 0 bridgehead atoms. The van der Waals surface area contributed by atoms with Gasteiger partial charge in [-0.05, 0) is 37.3 Å². The highest BCUT2D eigenvalue weighted by atomic mass is 35.5. The number of amides is 1. The van der Waals surface area contributed by atoms with Gasteiger partial charge in [-0.15, -0.1) is 0 Å². The van der Waals surface area contributed by atoms with Gasteiger partial charge in [0, 0.05) is 50.4 Å². The molecule has 0 aromatic heterocycles. The van der Waals surface area contributed by atoms with Crippen molar-refractivity contribution in [3.8, 4) is 0 Å². The van der Waals surface area contributed by atoms with Gasteiger partial charge in [0.15, 0.2) is 0 Å². The van der Waals surface area contributed by atoms with Gasteiger partial charge in [-0.3, -0.25) is 14.9 Å². The van der Waals surface area contributed by atoms with E-state index in [0.717, 1.165) is 0 Å². The number of carbonyl (C=O) groups excluding carboxylic acids is 1. The number of benzene rings is 2. The van der Waals surface area contributed by atoms with Crippen molar-refractivity contribution >= 4 is 44.6 Å². The number of nitrogens with one attached hydrogen (secondary N) is 1. The molecule has 1 saturated heterocycles. The lowest BCUT2D eigenvalue weighted by molar-refractivity contribution is -0.384. The van der Waals surface area contributed by atoms with Gasteiger partial charge in [0.25, 0.3) is 5.69 Å². The van der Waals surface area contributed by atoms with Crippen molar-refractivity contribution in [1.29, 1.82) is 0 Å². The van der Waals surface area contributed by atoms with Crippen LogP contribution in [0, 0.1) is 10.1 Å². The minimum Gasteiger partial charge on any atom is -0.367 e. The van der Waals surface area contributed by atoms with Gasteiger partial charge in [0.05, 0.1) is 20.5 Å². The smallest absolute Gasteiger partial charge is 0.271 e. The number of carbonyl (C=O) groups is 1. The molecule has 1 aliphatic rings. The Morgan fingerprint density at radius 3 is 2.40 bits per heavy atom. The van der Waals surface area contributed by atoms with Crippen LogP contribution in [-0.2, 0) is 14.8 Å². The summed E-state index contributed by atoms with van der Waals surface area (Å²) in [6.07, 6.45) is 0. The van der Waals surface area contributed by atoms with Crippen LogP contribution >= 0.6 is 11.6 Å². The minimum atomic E-state index is -3.72. The number of non-ortho nitro benzene ring substituents is 1. The molecule has 0 spiro atoms. The lowest BCUT2D eigenvalue weighted by Gasteiger charge is -2.40. The molecule has 160 valence electrons. The molecule has 30 heavy (non-hydrogen) atoms. The van der Waals surface area contributed by atoms with Crippen LogP contribution in [0.2, 0.25) is 5.02 Å². The Labute approximate surface area is 179 Å². The Bertz CT molecular complexity index is 1070. The summed E-state index contributed by atoms with van der Waals surface area (Å²) in [5.74, 6) is -0.236. The Hall–Kier alpha value is -2.69. The van der Waals surface area contributed by atoms with Crippen molar-refractivity contribution in [3.63, 3.8) is 0 Å². The number of nitro benzene ring substituents is 1. The molecule has 1 aliphatic heterocycles. The summed E-state index contributed by atoms with van der Waals surface area (Å²) in [4.78, 5) is 23.6. The molecule has 1 N–H and O–H groups in total. The predicted octanol–water partition coefficient (Wildman–Crippen LogP) is 3.11. The first-order chi connectivity index (χ1) is 14.1. The van der Waals surface area contributed by atoms with Crippen LogP contribution < -0.4 is 10.2 Å². The molecular formula is C19H21ClN4O5S. The Morgan fingerprint density at radius 1 is 1.20 bits per heavy atom. The molecule has 0 radical (unpaired) electrons. The van der Waals surface area contributed by atoms with Gasteiger partial charge in [-0.25, -0.2) is 8.42 Å². The van der Waals surface area contributed by atoms with Gasteiger partial charge in [0.2, 0.25) is 15.9 Å². The lowest BCUT2D eigenvalue weighted by Crippen LogP contribution is -2.54. The number of sulfonamides is 1. The van der Waals surface area contributed by atoms with Crippen molar-refractivity contribution < 1.29 is 18.1 Å². The third-order valence-corrected chi connectivity index (χ3v) is 7.16. The highest BCUT2D eigenvalue weighted by Gasteiger charge is 2.34. The maximum Gasteiger partial charge on any atom is 0.271 e. The number of nitrogens with zero attached hydrogens (tertiary/aromatic N) is 3. The highest BCUT2D eigenvalue weighted by Crippen LogP contribution is 2.32. The summed E-state index contributed by atoms with van der Waals surface area (Å²) >= 11 is 6.22. The van der Waals surface area contributed by atoms with Crippen molar-refractivity contribution in [2.24, 2.45) is 0 Å². The van der Waals surface area contributed by atoms with Crippen LogP contribution in [0.25, 0.3) is 0 Å². The standard InChI is InChI=1S/C19H21ClN4O5S/c1-13-12-22(19-8-5-16(24(26)27)11-18(19)20)9-10-23(13)30(28,29)17-6-3-15(4-7-17)21-14(2)25/h3-8,11,13H,9-10,12H2,1-2H3,(H,21,25). The van der Waals surface area contributed by atoms with Crippen LogP contribution in [0.4, 0.5) is 17.1 Å². The first kappa shape index (κ1) is 22.0. The first-order valence-electron chi connectivity index (χ1n) is 9.18. The van der Waals surface area contributed by atoms with E-state index in [1.54, 1.807) is 25.1 Å². The zero-order chi connectivity index (χ0) is 22.1. The third kappa shape index (κ3) is 4.55. The van der Waals surface area contributed by atoms with E-state index in [4.69, 9.17) is 11.6 Å². The van der Waals surface area contributed by atoms with E-state index in [1.165, 1.54) is 35.5 Å². The zero-order valence-corrected chi connectivity index (χ0v) is 18.0. The Morgan fingerprint density at radius 2 is 1.87 bits per heavy atom. The molecule has 2 aromatic rings. The SMILES string of the molecule is CC(=O)Nc1ccc(S(=O)(=O)N2CCN(c3ccc([N+](=O)[O-])cc3Cl)CC2C)cc1. The topological polar surface area (TPSA) is 113 Å². The fourth-order valence-electron chi connectivity index (χ4n) is 3.43. The Kier molecular flexibility index (Phi) is 6.30. The summed E-state index contributed by atoms with van der Waals surface area (Å²) in [7, 11) is -3.72. The van der Waals surface area contributed by atoms with Crippen molar-refractivity contribution in [3.05, 3.63) is 57.6 Å². The van der Waals surface area contributed by atoms with Crippen LogP contribution in [0.15, 0.2) is 47.4 Å². The molecule has 0 saturated carbocycles. The van der Waals surface area contributed by atoms with Gasteiger partial charge < -0.3 is 10.2 Å². The fourth-order valence-corrected chi connectivity index (χ4v) is 5.34. The number of nitro groups is 1. The Balaban J connectivity index is 1.76. The molecule has 11 heteroatoms. The van der Waals surface area contributed by atoms with E-state index in [2.05, 4.69) is 5.32 Å². The molecular weight excluding hydrogens is 432 g/mol. The van der Waals surface area contributed by atoms with E-state index >= 15 is 0 Å². The molecule has 9 nitrogen and oxygen atoms in total. The second kappa shape index (κ2) is 8.58. The van der Waals surface area contributed by atoms with Gasteiger partial charge in [-0.2, -0.15) is 4.31 Å². The average Bonchev–Trinajstić information content (AvgIpc) is 2.67. The van der Waals surface area contributed by atoms with Crippen molar-refractivity contribution in [2.75, 3.05) is 29.9 Å². The quantitative estimate of drug-likeness (QED) is 0.551. The van der Waals surface area contributed by atoms with E-state index in [0.29, 0.717) is 24.5 Å². The minimum absolute atomic E-state index is 0.0966. The van der Waals surface area contributed by atoms with Gasteiger partial charge in [0.1, 0.15) is 0 Å². The van der Waals surface area contributed by atoms with E-state index in [9.17, 15) is 23.3 Å². The largest absolute Gasteiger partial charge is 0.367 e. The molecule has 3 rings (SSSR count). The second-order valence-corrected chi connectivity index (χ2v) is 9.31. The fraction of sp³-hybridized carbons (Fsp3) is 0.316. The molecule has 0 aliphatic carbocycles. The van der Waals surface area contributed by atoms with Crippen molar-refractivity contribution in [1.82, 2.24) is 4.31 Å². The number of hydrogen-bond acceptors (Lipinski definition) is 6. The summed E-state index contributed by atoms with van der Waals surface area (Å²) in [5.41, 5.74) is 1.05. The number of halogens is 1. The third-order valence-electron chi connectivity index (χ3n) is 4.83. The maximum atomic E-state index is 13.1. The van der Waals surface area contributed by atoms with Gasteiger partial charge in [-0.1, -0.05) is 11.6 Å². The zero-order valence-electron chi connectivity index (χ0n) is 16.4. The summed E-state index contributed by atoms with van der Waals surface area (Å²) in [6, 6.07) is 9.94. The molecule has 1 amide bonds. The number of piperazine rings is 1. The first-order valence-corrected chi connectivity index (χ1v) is 11.0. The van der Waals surface area contributed by atoms with E-state index < -0.39 is 14.9 Å². The normalized spacial score (nSPS) is 17.6. The summed E-state index contributed by atoms with van der Waals surface area (Å²) < 4.78 is 27.6. The lowest BCUT2D eigenvalue weighted by atomic mass is 10.2. The molecule has 1 unspecified atom stereocenters. The number of anilines is 2. The average molecular weight is 453 g/mol. The second-order valence-electron chi connectivity index (χ2n) is 7.01. The summed E-state index contributed by atoms with van der Waals surface area (Å²) in [5, 5.41) is 13.7. The monoisotopic (exact) mass is 452 g/mol. The predicted molar refractivity (Wildman–Crippen MR) is 114 cm³/mol. The van der Waals surface area contributed by atoms with E-state index in [-0.39, 0.29) is 34.1 Å². The van der Waals surface area contributed by atoms with Crippen LogP contribution in [0.5, 0.6) is 0 Å². The van der Waals surface area contributed by atoms with Gasteiger partial charge >= 0.3 is 0 Å². The molecule has 1 atom stereocenters. The summed E-state index contributed by atoms with van der Waals surface area (Å²) in [6.45, 7) is 4.20. The van der Waals surface area contributed by atoms with Crippen molar-refractivity contribution in [2.45, 2.75) is 24.8 Å². The number of rotatable bonds is 5. The molecule has 1 fully saturated rings. The van der Waals surface area contributed by atoms with Crippen LogP contribution in [0.3, 0.4) is 0 Å². The van der Waals surface area contributed by atoms with E-state index in [1.807, 2.05) is 4.90 Å². The molecule has 2 aromatic carbocycles. The molecule has 1 heterocycles. The maximum absolute atomic E-state index is 13.1. The van der Waals surface area contributed by atoms with Crippen LogP contribution in [0.1, 0.15) is 13.8 Å². The highest BCUT2D eigenvalue weighted by molar-refractivity contribution is 7.89.